The molecule has 0 radical (unpaired) electrons. The van der Waals surface area contributed by atoms with Crippen LogP contribution in [0.2, 0.25) is 0 Å². The molecule has 0 aromatic heterocycles. The van der Waals surface area contributed by atoms with Gasteiger partial charge in [0.25, 0.3) is 0 Å². The molecule has 0 aliphatic heterocycles. The maximum atomic E-state index is 12.7. The lowest BCUT2D eigenvalue weighted by atomic mass is 10.1. The van der Waals surface area contributed by atoms with E-state index in [9.17, 15) is 18.4 Å². The zero-order chi connectivity index (χ0) is 18.6. The number of sulfone groups is 1. The Morgan fingerprint density at radius 1 is 0.923 bits per heavy atom. The third-order valence-corrected chi connectivity index (χ3v) is 5.82. The minimum Gasteiger partial charge on any atom is -0.285 e. The second-order valence-corrected chi connectivity index (χ2v) is 8.26. The number of carbonyl (C=O) groups excluding carboxylic acids is 1. The van der Waals surface area contributed by atoms with Crippen LogP contribution in [0, 0.1) is 0 Å². The lowest BCUT2D eigenvalue weighted by Gasteiger charge is -2.22. The summed E-state index contributed by atoms with van der Waals surface area (Å²) in [6.45, 7) is 0. The lowest BCUT2D eigenvalue weighted by Crippen LogP contribution is -2.30. The van der Waals surface area contributed by atoms with Crippen LogP contribution in [0.4, 0.5) is 0 Å². The molecule has 1 N–H and O–H groups in total. The summed E-state index contributed by atoms with van der Waals surface area (Å²) in [7, 11) is -3.57. The summed E-state index contributed by atoms with van der Waals surface area (Å²) in [5.74, 6) is -0.521. The van der Waals surface area contributed by atoms with Crippen LogP contribution < -0.4 is 0 Å². The second-order valence-electron chi connectivity index (χ2n) is 6.15. The van der Waals surface area contributed by atoms with Crippen molar-refractivity contribution in [3.63, 3.8) is 0 Å². The monoisotopic (exact) mass is 369 g/mol. The van der Waals surface area contributed by atoms with E-state index in [2.05, 4.69) is 0 Å². The molecule has 6 heteroatoms. The van der Waals surface area contributed by atoms with Gasteiger partial charge < -0.3 is 0 Å². The van der Waals surface area contributed by atoms with Crippen LogP contribution >= 0.6 is 0 Å². The number of carbonyl (C=O) groups is 1. The maximum absolute atomic E-state index is 12.7. The molecule has 1 amide bonds. The van der Waals surface area contributed by atoms with Crippen LogP contribution in [-0.4, -0.2) is 30.9 Å². The van der Waals surface area contributed by atoms with E-state index in [0.29, 0.717) is 16.2 Å². The first-order valence-electron chi connectivity index (χ1n) is 8.14. The first kappa shape index (κ1) is 18.1. The van der Waals surface area contributed by atoms with Crippen molar-refractivity contribution in [1.82, 2.24) is 5.06 Å². The molecule has 0 saturated carbocycles. The molecule has 134 valence electrons. The van der Waals surface area contributed by atoms with Gasteiger partial charge in [-0.25, -0.2) is 13.5 Å². The molecular weight excluding hydrogens is 350 g/mol. The van der Waals surface area contributed by atoms with E-state index >= 15 is 0 Å². The highest BCUT2D eigenvalue weighted by Crippen LogP contribution is 2.23. The molecule has 1 atom stereocenters. The summed E-state index contributed by atoms with van der Waals surface area (Å²) < 4.78 is 25.4. The normalized spacial score (nSPS) is 12.7. The molecule has 5 nitrogen and oxygen atoms in total. The molecule has 3 aromatic carbocycles. The van der Waals surface area contributed by atoms with Crippen LogP contribution in [0.3, 0.4) is 0 Å². The van der Waals surface area contributed by atoms with Gasteiger partial charge in [-0.2, -0.15) is 0 Å². The molecule has 0 heterocycles. The van der Waals surface area contributed by atoms with Crippen molar-refractivity contribution in [2.45, 2.75) is 11.8 Å². The van der Waals surface area contributed by atoms with Gasteiger partial charge in [0, 0.05) is 0 Å². The van der Waals surface area contributed by atoms with Gasteiger partial charge in [-0.3, -0.25) is 10.0 Å². The highest BCUT2D eigenvalue weighted by Gasteiger charge is 2.25. The summed E-state index contributed by atoms with van der Waals surface area (Å²) >= 11 is 0. The lowest BCUT2D eigenvalue weighted by molar-refractivity contribution is -0.158. The van der Waals surface area contributed by atoms with Crippen LogP contribution in [0.1, 0.15) is 17.2 Å². The number of nitrogens with zero attached hydrogens (tertiary/aromatic N) is 1. The van der Waals surface area contributed by atoms with Crippen molar-refractivity contribution in [1.29, 1.82) is 0 Å². The Kier molecular flexibility index (Phi) is 5.35. The molecule has 0 spiro atoms. The predicted molar refractivity (Wildman–Crippen MR) is 100 cm³/mol. The van der Waals surface area contributed by atoms with Crippen LogP contribution in [0.15, 0.2) is 72.8 Å². The van der Waals surface area contributed by atoms with Gasteiger partial charge in [-0.15, -0.1) is 0 Å². The van der Waals surface area contributed by atoms with E-state index in [-0.39, 0.29) is 17.9 Å². The number of hydrogen-bond donors (Lipinski definition) is 1. The molecule has 0 fully saturated rings. The summed E-state index contributed by atoms with van der Waals surface area (Å²) in [5, 5.41) is 12.3. The molecule has 26 heavy (non-hydrogen) atoms. The van der Waals surface area contributed by atoms with E-state index in [4.69, 9.17) is 0 Å². The maximum Gasteiger partial charge on any atom is 0.233 e. The van der Waals surface area contributed by atoms with Gasteiger partial charge in [0.15, 0.2) is 9.84 Å². The molecule has 0 bridgehead atoms. The molecule has 0 saturated heterocycles. The van der Waals surface area contributed by atoms with Gasteiger partial charge in [0.1, 0.15) is 0 Å². The Morgan fingerprint density at radius 3 is 2.27 bits per heavy atom. The molecule has 0 aliphatic carbocycles. The Morgan fingerprint density at radius 2 is 1.58 bits per heavy atom. The van der Waals surface area contributed by atoms with Gasteiger partial charge in [-0.1, -0.05) is 72.8 Å². The summed E-state index contributed by atoms with van der Waals surface area (Å²) in [6.07, 6.45) is 0.225. The van der Waals surface area contributed by atoms with E-state index in [0.717, 1.165) is 10.8 Å². The number of hydroxylamine groups is 2. The predicted octanol–water partition coefficient (Wildman–Crippen LogP) is 3.34. The number of amides is 1. The molecule has 0 aliphatic rings. The van der Waals surface area contributed by atoms with Crippen molar-refractivity contribution in [3.8, 4) is 0 Å². The second kappa shape index (κ2) is 7.68. The van der Waals surface area contributed by atoms with Gasteiger partial charge >= 0.3 is 0 Å². The quantitative estimate of drug-likeness (QED) is 0.394. The highest BCUT2D eigenvalue weighted by atomic mass is 32.2. The number of rotatable bonds is 7. The van der Waals surface area contributed by atoms with E-state index < -0.39 is 15.9 Å². The van der Waals surface area contributed by atoms with Gasteiger partial charge in [-0.05, 0) is 21.9 Å². The van der Waals surface area contributed by atoms with Gasteiger partial charge in [0.05, 0.1) is 17.5 Å². The molecular formula is C20H19NO4S. The first-order chi connectivity index (χ1) is 12.5. The topological polar surface area (TPSA) is 74.7 Å². The standard InChI is InChI=1S/C20H19NO4S/c22-15-21(23)20(18-7-2-1-3-8-18)14-26(24,25)13-16-10-11-17-6-4-5-9-19(17)12-16/h1-12,15,20,23H,13-14H2. The number of hydrogen-bond acceptors (Lipinski definition) is 4. The Labute approximate surface area is 152 Å². The minimum atomic E-state index is -3.57. The molecule has 3 rings (SSSR count). The highest BCUT2D eigenvalue weighted by molar-refractivity contribution is 7.90. The van der Waals surface area contributed by atoms with Crippen LogP contribution in [-0.2, 0) is 20.4 Å². The zero-order valence-electron chi connectivity index (χ0n) is 14.0. The third kappa shape index (κ3) is 4.28. The van der Waals surface area contributed by atoms with E-state index in [1.165, 1.54) is 0 Å². The third-order valence-electron chi connectivity index (χ3n) is 4.22. The summed E-state index contributed by atoms with van der Waals surface area (Å²) in [4.78, 5) is 11.0. The van der Waals surface area contributed by atoms with E-state index in [1.54, 1.807) is 36.4 Å². The fraction of sp³-hybridized carbons (Fsp3) is 0.150. The fourth-order valence-corrected chi connectivity index (χ4v) is 4.59. The smallest absolute Gasteiger partial charge is 0.233 e. The van der Waals surface area contributed by atoms with Gasteiger partial charge in [0.2, 0.25) is 6.41 Å². The zero-order valence-corrected chi connectivity index (χ0v) is 14.8. The number of fused-ring (bicyclic) bond motifs is 1. The largest absolute Gasteiger partial charge is 0.285 e. The molecule has 3 aromatic rings. The average Bonchev–Trinajstić information content (AvgIpc) is 2.66. The summed E-state index contributed by atoms with van der Waals surface area (Å²) in [6, 6.07) is 20.9. The summed E-state index contributed by atoms with van der Waals surface area (Å²) in [5.41, 5.74) is 1.23. The van der Waals surface area contributed by atoms with Crippen LogP contribution in [0.5, 0.6) is 0 Å². The van der Waals surface area contributed by atoms with Crippen molar-refractivity contribution in [3.05, 3.63) is 83.9 Å². The average molecular weight is 369 g/mol. The first-order valence-corrected chi connectivity index (χ1v) is 9.96. The fourth-order valence-electron chi connectivity index (χ4n) is 2.96. The Bertz CT molecular complexity index is 1000. The molecule has 1 unspecified atom stereocenters. The Hall–Kier alpha value is -2.70. The Balaban J connectivity index is 1.84. The van der Waals surface area contributed by atoms with Crippen molar-refractivity contribution in [2.75, 3.05) is 5.75 Å². The SMILES string of the molecule is O=CN(O)C(CS(=O)(=O)Cc1ccc2ccccc2c1)c1ccccc1. The number of benzene rings is 3. The van der Waals surface area contributed by atoms with Crippen molar-refractivity contribution in [2.24, 2.45) is 0 Å². The van der Waals surface area contributed by atoms with Crippen molar-refractivity contribution >= 4 is 27.0 Å². The minimum absolute atomic E-state index is 0.159. The van der Waals surface area contributed by atoms with E-state index in [1.807, 2.05) is 36.4 Å². The van der Waals surface area contributed by atoms with Crippen LogP contribution in [0.25, 0.3) is 10.8 Å². The van der Waals surface area contributed by atoms with Crippen molar-refractivity contribution < 1.29 is 18.4 Å².